The Morgan fingerprint density at radius 2 is 1.95 bits per heavy atom. The number of hydrogen-bond acceptors (Lipinski definition) is 3. The number of carbonyl (C=O) groups is 1. The first-order valence-electron chi connectivity index (χ1n) is 6.84. The minimum atomic E-state index is -1.31. The van der Waals surface area contributed by atoms with Gasteiger partial charge in [-0.3, -0.25) is 9.78 Å². The van der Waals surface area contributed by atoms with Gasteiger partial charge >= 0.3 is 0 Å². The maximum absolute atomic E-state index is 12.5. The summed E-state index contributed by atoms with van der Waals surface area (Å²) in [6.45, 7) is 2.64. The largest absolute Gasteiger partial charge is 0.378 e. The lowest BCUT2D eigenvalue weighted by Crippen LogP contribution is -2.34. The van der Waals surface area contributed by atoms with Crippen LogP contribution in [0.4, 0.5) is 0 Å². The summed E-state index contributed by atoms with van der Waals surface area (Å²) < 4.78 is 0. The molecule has 2 rings (SSSR count). The molecule has 1 amide bonds. The van der Waals surface area contributed by atoms with Gasteiger partial charge in [0.15, 0.2) is 6.10 Å². The minimum absolute atomic E-state index is 0.335. The molecule has 1 atom stereocenters. The number of nitrogens with zero attached hydrogens (tertiary/aromatic N) is 2. The van der Waals surface area contributed by atoms with Gasteiger partial charge in [0.05, 0.1) is 12.2 Å². The smallest absolute Gasteiger partial charge is 0.256 e. The molecule has 0 aliphatic heterocycles. The van der Waals surface area contributed by atoms with Gasteiger partial charge < -0.3 is 10.0 Å². The second-order valence-electron chi connectivity index (χ2n) is 4.78. The van der Waals surface area contributed by atoms with Gasteiger partial charge in [-0.25, -0.2) is 0 Å². The van der Waals surface area contributed by atoms with Gasteiger partial charge in [0.25, 0.3) is 5.91 Å². The van der Waals surface area contributed by atoms with Crippen LogP contribution in [-0.4, -0.2) is 27.4 Å². The van der Waals surface area contributed by atoms with Crippen molar-refractivity contribution in [1.29, 1.82) is 0 Å². The lowest BCUT2D eigenvalue weighted by Gasteiger charge is -2.23. The van der Waals surface area contributed by atoms with Crippen molar-refractivity contribution in [3.05, 3.63) is 63.9 Å². The van der Waals surface area contributed by atoms with Gasteiger partial charge in [-0.15, -0.1) is 0 Å². The van der Waals surface area contributed by atoms with Gasteiger partial charge in [0.2, 0.25) is 0 Å². The molecule has 0 fully saturated rings. The molecule has 0 aliphatic carbocycles. The minimum Gasteiger partial charge on any atom is -0.378 e. The average Bonchev–Trinajstić information content (AvgIpc) is 2.51. The Hall–Kier alpha value is -1.62. The van der Waals surface area contributed by atoms with Crippen LogP contribution in [0.2, 0.25) is 10.0 Å². The summed E-state index contributed by atoms with van der Waals surface area (Å²) in [5.41, 5.74) is 1.14. The fourth-order valence-corrected chi connectivity index (χ4v) is 2.62. The van der Waals surface area contributed by atoms with Crippen molar-refractivity contribution < 1.29 is 9.90 Å². The van der Waals surface area contributed by atoms with Crippen molar-refractivity contribution in [2.45, 2.75) is 19.6 Å². The third-order valence-electron chi connectivity index (χ3n) is 3.21. The molecular formula is C16H16Cl2N2O2. The summed E-state index contributed by atoms with van der Waals surface area (Å²) >= 11 is 11.8. The number of aliphatic hydroxyl groups is 1. The highest BCUT2D eigenvalue weighted by Crippen LogP contribution is 2.25. The van der Waals surface area contributed by atoms with Crippen LogP contribution < -0.4 is 0 Å². The highest BCUT2D eigenvalue weighted by atomic mass is 35.5. The second-order valence-corrected chi connectivity index (χ2v) is 5.65. The standard InChI is InChI=1S/C16H16Cl2N2O2/c1-2-20(10-14-5-3-4-6-19-14)16(22)15(21)11-7-12(17)9-13(18)8-11/h3-9,15,21H,2,10H2,1H3/t15-/m0/s1. The zero-order chi connectivity index (χ0) is 16.1. The van der Waals surface area contributed by atoms with Crippen LogP contribution >= 0.6 is 23.2 Å². The van der Waals surface area contributed by atoms with Crippen LogP contribution in [0.5, 0.6) is 0 Å². The van der Waals surface area contributed by atoms with Gasteiger partial charge in [-0.05, 0) is 42.8 Å². The van der Waals surface area contributed by atoms with E-state index in [1.807, 2.05) is 25.1 Å². The first-order chi connectivity index (χ1) is 10.5. The van der Waals surface area contributed by atoms with Gasteiger partial charge in [-0.1, -0.05) is 29.3 Å². The van der Waals surface area contributed by atoms with E-state index < -0.39 is 12.0 Å². The fraction of sp³-hybridized carbons (Fsp3) is 0.250. The number of amides is 1. The first kappa shape index (κ1) is 16.7. The molecule has 1 aromatic carbocycles. The number of hydrogen-bond donors (Lipinski definition) is 1. The Balaban J connectivity index is 2.16. The molecule has 0 saturated heterocycles. The predicted octanol–water partition coefficient (Wildman–Crippen LogP) is 3.47. The maximum Gasteiger partial charge on any atom is 0.256 e. The van der Waals surface area contributed by atoms with E-state index >= 15 is 0 Å². The molecule has 6 heteroatoms. The van der Waals surface area contributed by atoms with Crippen LogP contribution in [0.15, 0.2) is 42.6 Å². The molecule has 2 aromatic rings. The lowest BCUT2D eigenvalue weighted by molar-refractivity contribution is -0.141. The molecule has 22 heavy (non-hydrogen) atoms. The summed E-state index contributed by atoms with van der Waals surface area (Å²) in [6.07, 6.45) is 0.362. The van der Waals surface area contributed by atoms with Gasteiger partial charge in [-0.2, -0.15) is 0 Å². The lowest BCUT2D eigenvalue weighted by atomic mass is 10.1. The quantitative estimate of drug-likeness (QED) is 0.908. The zero-order valence-corrected chi connectivity index (χ0v) is 13.6. The van der Waals surface area contributed by atoms with E-state index in [-0.39, 0.29) is 0 Å². The Morgan fingerprint density at radius 3 is 2.50 bits per heavy atom. The molecule has 1 aromatic heterocycles. The summed E-state index contributed by atoms with van der Waals surface area (Å²) in [6, 6.07) is 10.1. The Morgan fingerprint density at radius 1 is 1.27 bits per heavy atom. The Kier molecular flexibility index (Phi) is 5.77. The van der Waals surface area contributed by atoms with Crippen molar-refractivity contribution in [1.82, 2.24) is 9.88 Å². The molecule has 4 nitrogen and oxygen atoms in total. The topological polar surface area (TPSA) is 53.4 Å². The van der Waals surface area contributed by atoms with Crippen LogP contribution in [0.1, 0.15) is 24.3 Å². The summed E-state index contributed by atoms with van der Waals surface area (Å²) in [7, 11) is 0. The fourth-order valence-electron chi connectivity index (χ4n) is 2.08. The molecule has 0 saturated carbocycles. The third kappa shape index (κ3) is 4.19. The Bertz CT molecular complexity index is 630. The molecule has 1 N–H and O–H groups in total. The second kappa shape index (κ2) is 7.58. The SMILES string of the molecule is CCN(Cc1ccccn1)C(=O)[C@@H](O)c1cc(Cl)cc(Cl)c1. The maximum atomic E-state index is 12.5. The highest BCUT2D eigenvalue weighted by molar-refractivity contribution is 6.34. The predicted molar refractivity (Wildman–Crippen MR) is 86.7 cm³/mol. The number of aliphatic hydroxyl groups excluding tert-OH is 1. The van der Waals surface area contributed by atoms with Crippen LogP contribution in [0, 0.1) is 0 Å². The summed E-state index contributed by atoms with van der Waals surface area (Å²) in [5, 5.41) is 11.0. The molecule has 0 spiro atoms. The van der Waals surface area contributed by atoms with Crippen molar-refractivity contribution in [3.63, 3.8) is 0 Å². The van der Waals surface area contributed by atoms with E-state index in [9.17, 15) is 9.90 Å². The molecule has 1 heterocycles. The van der Waals surface area contributed by atoms with E-state index in [2.05, 4.69) is 4.98 Å². The number of aromatic nitrogens is 1. The van der Waals surface area contributed by atoms with Crippen molar-refractivity contribution in [3.8, 4) is 0 Å². The summed E-state index contributed by atoms with van der Waals surface area (Å²) in [4.78, 5) is 18.2. The molecular weight excluding hydrogens is 323 g/mol. The Labute approximate surface area is 139 Å². The van der Waals surface area contributed by atoms with Gasteiger partial charge in [0.1, 0.15) is 0 Å². The van der Waals surface area contributed by atoms with Gasteiger partial charge in [0, 0.05) is 22.8 Å². The average molecular weight is 339 g/mol. The van der Waals surface area contributed by atoms with E-state index in [1.54, 1.807) is 12.3 Å². The molecule has 0 aliphatic rings. The van der Waals surface area contributed by atoms with E-state index in [0.717, 1.165) is 5.69 Å². The van der Waals surface area contributed by atoms with E-state index in [1.165, 1.54) is 17.0 Å². The molecule has 0 radical (unpaired) electrons. The van der Waals surface area contributed by atoms with Crippen molar-refractivity contribution in [2.24, 2.45) is 0 Å². The number of rotatable bonds is 5. The van der Waals surface area contributed by atoms with E-state index in [4.69, 9.17) is 23.2 Å². The van der Waals surface area contributed by atoms with Crippen LogP contribution in [-0.2, 0) is 11.3 Å². The zero-order valence-electron chi connectivity index (χ0n) is 12.0. The first-order valence-corrected chi connectivity index (χ1v) is 7.59. The summed E-state index contributed by atoms with van der Waals surface area (Å²) in [5.74, 6) is -0.411. The third-order valence-corrected chi connectivity index (χ3v) is 3.64. The number of carbonyl (C=O) groups excluding carboxylic acids is 1. The molecule has 116 valence electrons. The van der Waals surface area contributed by atoms with E-state index in [0.29, 0.717) is 28.7 Å². The van der Waals surface area contributed by atoms with Crippen LogP contribution in [0.25, 0.3) is 0 Å². The molecule has 0 bridgehead atoms. The highest BCUT2D eigenvalue weighted by Gasteiger charge is 2.23. The van der Waals surface area contributed by atoms with Crippen molar-refractivity contribution >= 4 is 29.1 Å². The number of pyridine rings is 1. The molecule has 0 unspecified atom stereocenters. The normalized spacial score (nSPS) is 12.0. The van der Waals surface area contributed by atoms with Crippen LogP contribution in [0.3, 0.4) is 0 Å². The number of likely N-dealkylation sites (N-methyl/N-ethyl adjacent to an activating group) is 1. The monoisotopic (exact) mass is 338 g/mol. The number of halogens is 2. The number of benzene rings is 1. The van der Waals surface area contributed by atoms with Crippen molar-refractivity contribution in [2.75, 3.05) is 6.54 Å².